The first-order valence-corrected chi connectivity index (χ1v) is 6.28. The fourth-order valence-corrected chi connectivity index (χ4v) is 2.56. The van der Waals surface area contributed by atoms with E-state index in [1.165, 1.54) is 6.33 Å². The average Bonchev–Trinajstić information content (AvgIpc) is 2.34. The number of aromatic amines is 1. The van der Waals surface area contributed by atoms with E-state index in [4.69, 9.17) is 5.73 Å². The summed E-state index contributed by atoms with van der Waals surface area (Å²) in [6.45, 7) is 6.11. The molecule has 3 heterocycles. The summed E-state index contributed by atoms with van der Waals surface area (Å²) in [7, 11) is 0. The molecule has 98 valence electrons. The Morgan fingerprint density at radius 1 is 1.33 bits per heavy atom. The van der Waals surface area contributed by atoms with Crippen LogP contribution in [0.25, 0.3) is 0 Å². The summed E-state index contributed by atoms with van der Waals surface area (Å²) >= 11 is 0. The molecule has 0 bridgehead atoms. The van der Waals surface area contributed by atoms with Crippen LogP contribution in [-0.4, -0.2) is 60.2 Å². The van der Waals surface area contributed by atoms with Crippen molar-refractivity contribution >= 4 is 11.5 Å². The molecule has 0 radical (unpaired) electrons. The summed E-state index contributed by atoms with van der Waals surface area (Å²) < 4.78 is 0. The number of nitrogen functional groups attached to an aromatic ring is 1. The van der Waals surface area contributed by atoms with Gasteiger partial charge in [-0.3, -0.25) is 9.69 Å². The molecular weight excluding hydrogens is 232 g/mol. The Morgan fingerprint density at radius 3 is 2.78 bits per heavy atom. The number of rotatable bonds is 2. The third-order valence-electron chi connectivity index (χ3n) is 3.70. The highest BCUT2D eigenvalue weighted by Gasteiger charge is 2.34. The van der Waals surface area contributed by atoms with Gasteiger partial charge < -0.3 is 20.9 Å². The van der Waals surface area contributed by atoms with E-state index >= 15 is 0 Å². The van der Waals surface area contributed by atoms with Crippen LogP contribution in [0.3, 0.4) is 0 Å². The van der Waals surface area contributed by atoms with Crippen LogP contribution in [0, 0.1) is 0 Å². The van der Waals surface area contributed by atoms with Gasteiger partial charge in [-0.05, 0) is 0 Å². The highest BCUT2D eigenvalue weighted by atomic mass is 16.1. The molecule has 0 atom stereocenters. The van der Waals surface area contributed by atoms with Crippen molar-refractivity contribution in [2.75, 3.05) is 49.9 Å². The fourth-order valence-electron chi connectivity index (χ4n) is 2.56. The second-order valence-electron chi connectivity index (χ2n) is 4.81. The van der Waals surface area contributed by atoms with Gasteiger partial charge in [0.25, 0.3) is 5.56 Å². The van der Waals surface area contributed by atoms with Gasteiger partial charge in [0.15, 0.2) is 5.82 Å². The summed E-state index contributed by atoms with van der Waals surface area (Å²) in [5.74, 6) is 0.616. The van der Waals surface area contributed by atoms with Crippen LogP contribution in [-0.2, 0) is 0 Å². The maximum atomic E-state index is 11.4. The van der Waals surface area contributed by atoms with Crippen LogP contribution in [0.5, 0.6) is 0 Å². The maximum absolute atomic E-state index is 11.4. The molecule has 7 heteroatoms. The van der Waals surface area contributed by atoms with Crippen LogP contribution in [0.4, 0.5) is 11.5 Å². The van der Waals surface area contributed by atoms with E-state index in [-0.39, 0.29) is 11.2 Å². The van der Waals surface area contributed by atoms with Crippen LogP contribution in [0.1, 0.15) is 0 Å². The molecule has 0 amide bonds. The number of nitrogens with one attached hydrogen (secondary N) is 2. The number of hydrogen-bond donors (Lipinski definition) is 3. The number of piperazine rings is 1. The highest BCUT2D eigenvalue weighted by Crippen LogP contribution is 2.24. The normalized spacial score (nSPS) is 21.9. The van der Waals surface area contributed by atoms with E-state index in [2.05, 4.69) is 25.1 Å². The monoisotopic (exact) mass is 250 g/mol. The Morgan fingerprint density at radius 2 is 2.06 bits per heavy atom. The van der Waals surface area contributed by atoms with Gasteiger partial charge in [0, 0.05) is 45.3 Å². The number of H-pyrrole nitrogens is 1. The standard InChI is InChI=1S/C11H18N6O/c12-9-10(14-7-15-11(9)18)17-5-8(6-17)16-3-1-13-2-4-16/h7-8,13H,1-6,12H2,(H,14,15,18). The average molecular weight is 250 g/mol. The van der Waals surface area contributed by atoms with Crippen molar-refractivity contribution in [3.8, 4) is 0 Å². The Hall–Kier alpha value is -1.60. The molecule has 4 N–H and O–H groups in total. The minimum Gasteiger partial charge on any atom is -0.391 e. The molecule has 2 fully saturated rings. The number of nitrogens with zero attached hydrogens (tertiary/aromatic N) is 3. The SMILES string of the molecule is Nc1c(N2CC(N3CCNCC3)C2)nc[nH]c1=O. The van der Waals surface area contributed by atoms with Crippen molar-refractivity contribution in [2.24, 2.45) is 0 Å². The molecule has 2 saturated heterocycles. The van der Waals surface area contributed by atoms with E-state index in [0.717, 1.165) is 39.3 Å². The second-order valence-corrected chi connectivity index (χ2v) is 4.81. The van der Waals surface area contributed by atoms with Gasteiger partial charge in [-0.2, -0.15) is 0 Å². The van der Waals surface area contributed by atoms with Crippen molar-refractivity contribution in [2.45, 2.75) is 6.04 Å². The Balaban J connectivity index is 1.64. The molecule has 0 aromatic carbocycles. The summed E-state index contributed by atoms with van der Waals surface area (Å²) in [5.41, 5.74) is 5.71. The molecule has 0 spiro atoms. The van der Waals surface area contributed by atoms with E-state index in [0.29, 0.717) is 11.9 Å². The lowest BCUT2D eigenvalue weighted by molar-refractivity contribution is 0.147. The van der Waals surface area contributed by atoms with Crippen molar-refractivity contribution in [3.63, 3.8) is 0 Å². The van der Waals surface area contributed by atoms with Crippen LogP contribution in [0.15, 0.2) is 11.1 Å². The molecule has 0 aliphatic carbocycles. The van der Waals surface area contributed by atoms with Crippen molar-refractivity contribution in [1.82, 2.24) is 20.2 Å². The van der Waals surface area contributed by atoms with Gasteiger partial charge >= 0.3 is 0 Å². The Bertz CT molecular complexity index is 475. The minimum absolute atomic E-state index is 0.219. The minimum atomic E-state index is -0.259. The van der Waals surface area contributed by atoms with E-state index < -0.39 is 0 Å². The highest BCUT2D eigenvalue weighted by molar-refractivity contribution is 5.62. The number of anilines is 2. The lowest BCUT2D eigenvalue weighted by Gasteiger charge is -2.47. The maximum Gasteiger partial charge on any atom is 0.276 e. The van der Waals surface area contributed by atoms with Gasteiger partial charge in [0.05, 0.1) is 6.33 Å². The first-order valence-electron chi connectivity index (χ1n) is 6.28. The molecular formula is C11H18N6O. The van der Waals surface area contributed by atoms with Crippen molar-refractivity contribution in [3.05, 3.63) is 16.7 Å². The zero-order valence-corrected chi connectivity index (χ0v) is 10.2. The van der Waals surface area contributed by atoms with Gasteiger partial charge in [-0.25, -0.2) is 4.98 Å². The van der Waals surface area contributed by atoms with Gasteiger partial charge in [0.2, 0.25) is 0 Å². The summed E-state index contributed by atoms with van der Waals surface area (Å²) in [5, 5.41) is 3.34. The molecule has 1 aromatic rings. The van der Waals surface area contributed by atoms with Crippen LogP contribution in [0.2, 0.25) is 0 Å². The van der Waals surface area contributed by atoms with Crippen LogP contribution < -0.4 is 21.5 Å². The second kappa shape index (κ2) is 4.58. The lowest BCUT2D eigenvalue weighted by atomic mass is 10.1. The zero-order valence-electron chi connectivity index (χ0n) is 10.2. The van der Waals surface area contributed by atoms with E-state index in [1.54, 1.807) is 0 Å². The molecule has 0 saturated carbocycles. The number of hydrogen-bond acceptors (Lipinski definition) is 6. The number of nitrogens with two attached hydrogens (primary N) is 1. The Kier molecular flexibility index (Phi) is 2.92. The fraction of sp³-hybridized carbons (Fsp3) is 0.636. The molecule has 18 heavy (non-hydrogen) atoms. The predicted molar refractivity (Wildman–Crippen MR) is 69.7 cm³/mol. The van der Waals surface area contributed by atoms with Crippen molar-refractivity contribution in [1.29, 1.82) is 0 Å². The predicted octanol–water partition coefficient (Wildman–Crippen LogP) is -1.55. The molecule has 2 aliphatic rings. The number of aromatic nitrogens is 2. The Labute approximate surface area is 105 Å². The third-order valence-corrected chi connectivity index (χ3v) is 3.70. The molecule has 1 aromatic heterocycles. The largest absolute Gasteiger partial charge is 0.391 e. The van der Waals surface area contributed by atoms with Gasteiger partial charge in [-0.1, -0.05) is 0 Å². The topological polar surface area (TPSA) is 90.3 Å². The summed E-state index contributed by atoms with van der Waals surface area (Å²) in [6.07, 6.45) is 1.41. The molecule has 2 aliphatic heterocycles. The van der Waals surface area contributed by atoms with Gasteiger partial charge in [-0.15, -0.1) is 0 Å². The van der Waals surface area contributed by atoms with E-state index in [9.17, 15) is 4.79 Å². The first-order chi connectivity index (χ1) is 8.75. The van der Waals surface area contributed by atoms with E-state index in [1.807, 2.05) is 0 Å². The quantitative estimate of drug-likeness (QED) is 0.588. The first kappa shape index (κ1) is 11.5. The van der Waals surface area contributed by atoms with Gasteiger partial charge in [0.1, 0.15) is 5.69 Å². The zero-order chi connectivity index (χ0) is 12.5. The summed E-state index contributed by atoms with van der Waals surface area (Å²) in [6, 6.07) is 0.563. The lowest BCUT2D eigenvalue weighted by Crippen LogP contribution is -2.63. The third kappa shape index (κ3) is 1.95. The van der Waals surface area contributed by atoms with Crippen LogP contribution >= 0.6 is 0 Å². The van der Waals surface area contributed by atoms with Crippen molar-refractivity contribution < 1.29 is 0 Å². The summed E-state index contributed by atoms with van der Waals surface area (Å²) in [4.78, 5) is 22.6. The molecule has 0 unspecified atom stereocenters. The molecule has 7 nitrogen and oxygen atoms in total. The molecule has 3 rings (SSSR count). The smallest absolute Gasteiger partial charge is 0.276 e.